The second-order valence-corrected chi connectivity index (χ2v) is 8.66. The van der Waals surface area contributed by atoms with E-state index in [9.17, 15) is 8.42 Å². The third kappa shape index (κ3) is 3.28. The zero-order valence-corrected chi connectivity index (χ0v) is 14.6. The van der Waals surface area contributed by atoms with Gasteiger partial charge in [0, 0.05) is 18.0 Å². The van der Waals surface area contributed by atoms with E-state index < -0.39 is 10.0 Å². The van der Waals surface area contributed by atoms with Gasteiger partial charge in [-0.1, -0.05) is 13.8 Å². The molecular formula is C11H17BrClNO2S2. The summed E-state index contributed by atoms with van der Waals surface area (Å²) in [6, 6.07) is 1.68. The Labute approximate surface area is 126 Å². The van der Waals surface area contributed by atoms with E-state index in [2.05, 4.69) is 15.9 Å². The first-order valence-corrected chi connectivity index (χ1v) is 9.29. The lowest BCUT2D eigenvalue weighted by Gasteiger charge is -2.25. The molecule has 0 unspecified atom stereocenters. The van der Waals surface area contributed by atoms with Crippen LogP contribution >= 0.6 is 38.9 Å². The van der Waals surface area contributed by atoms with Crippen LogP contribution in [0.1, 0.15) is 31.6 Å². The quantitative estimate of drug-likeness (QED) is 0.704. The van der Waals surface area contributed by atoms with Crippen molar-refractivity contribution in [1.82, 2.24) is 4.31 Å². The lowest BCUT2D eigenvalue weighted by Crippen LogP contribution is -2.36. The zero-order valence-electron chi connectivity index (χ0n) is 10.6. The summed E-state index contributed by atoms with van der Waals surface area (Å²) in [4.78, 5) is 1.16. The monoisotopic (exact) mass is 373 g/mol. The van der Waals surface area contributed by atoms with Crippen LogP contribution in [0, 0.1) is 0 Å². The first kappa shape index (κ1) is 16.4. The first-order valence-electron chi connectivity index (χ1n) is 5.70. The van der Waals surface area contributed by atoms with E-state index in [0.717, 1.165) is 17.7 Å². The van der Waals surface area contributed by atoms with Gasteiger partial charge in [0.2, 0.25) is 10.0 Å². The number of hydrogen-bond acceptors (Lipinski definition) is 3. The highest BCUT2D eigenvalue weighted by atomic mass is 79.9. The lowest BCUT2D eigenvalue weighted by atomic mass is 10.2. The molecule has 0 saturated carbocycles. The van der Waals surface area contributed by atoms with Crippen LogP contribution in [-0.2, 0) is 15.9 Å². The summed E-state index contributed by atoms with van der Waals surface area (Å²) >= 11 is 10.4. The highest BCUT2D eigenvalue weighted by Gasteiger charge is 2.29. The molecule has 104 valence electrons. The van der Waals surface area contributed by atoms with Gasteiger partial charge in [-0.3, -0.25) is 0 Å². The summed E-state index contributed by atoms with van der Waals surface area (Å²) in [5.74, 6) is 0.327. The van der Waals surface area contributed by atoms with Crippen molar-refractivity contribution in [2.75, 3.05) is 7.05 Å². The number of rotatable bonds is 6. The predicted molar refractivity (Wildman–Crippen MR) is 80.9 cm³/mol. The summed E-state index contributed by atoms with van der Waals surface area (Å²) in [7, 11) is -1.81. The molecule has 0 aliphatic heterocycles. The van der Waals surface area contributed by atoms with Crippen LogP contribution in [0.3, 0.4) is 0 Å². The Kier molecular flexibility index (Phi) is 6.12. The number of halogens is 2. The molecule has 3 nitrogen and oxygen atoms in total. The Morgan fingerprint density at radius 3 is 2.39 bits per heavy atom. The third-order valence-corrected chi connectivity index (χ3v) is 7.56. The fourth-order valence-electron chi connectivity index (χ4n) is 1.79. The second kappa shape index (κ2) is 6.70. The van der Waals surface area contributed by atoms with Crippen LogP contribution in [0.4, 0.5) is 0 Å². The highest BCUT2D eigenvalue weighted by Crippen LogP contribution is 2.34. The van der Waals surface area contributed by atoms with Crippen molar-refractivity contribution in [1.29, 1.82) is 0 Å². The number of hydrogen-bond donors (Lipinski definition) is 0. The van der Waals surface area contributed by atoms with Crippen molar-refractivity contribution >= 4 is 48.9 Å². The van der Waals surface area contributed by atoms with Crippen molar-refractivity contribution in [3.63, 3.8) is 0 Å². The van der Waals surface area contributed by atoms with Gasteiger partial charge in [-0.2, -0.15) is 4.31 Å². The molecule has 1 rings (SSSR count). The third-order valence-electron chi connectivity index (χ3n) is 2.95. The Bertz CT molecular complexity index is 497. The normalized spacial score (nSPS) is 12.6. The fraction of sp³-hybridized carbons (Fsp3) is 0.636. The minimum atomic E-state index is -3.44. The molecule has 1 heterocycles. The summed E-state index contributed by atoms with van der Waals surface area (Å²) in [5, 5.41) is 0. The number of nitrogens with zero attached hydrogens (tertiary/aromatic N) is 1. The van der Waals surface area contributed by atoms with Crippen molar-refractivity contribution in [3.8, 4) is 0 Å². The Morgan fingerprint density at radius 2 is 2.00 bits per heavy atom. The fourth-order valence-corrected chi connectivity index (χ4v) is 6.02. The maximum atomic E-state index is 12.5. The van der Waals surface area contributed by atoms with Gasteiger partial charge < -0.3 is 0 Å². The molecule has 0 aliphatic carbocycles. The van der Waals surface area contributed by atoms with E-state index in [4.69, 9.17) is 11.6 Å². The molecule has 0 aromatic carbocycles. The van der Waals surface area contributed by atoms with E-state index >= 15 is 0 Å². The molecule has 0 amide bonds. The van der Waals surface area contributed by atoms with E-state index in [1.165, 1.54) is 15.6 Å². The van der Waals surface area contributed by atoms with Crippen molar-refractivity contribution in [2.45, 2.75) is 43.5 Å². The van der Waals surface area contributed by atoms with E-state index in [0.29, 0.717) is 14.6 Å². The molecule has 18 heavy (non-hydrogen) atoms. The number of sulfonamides is 1. The average Bonchev–Trinajstić information content (AvgIpc) is 2.72. The number of alkyl halides is 1. The molecule has 1 aromatic rings. The topological polar surface area (TPSA) is 37.4 Å². The summed E-state index contributed by atoms with van der Waals surface area (Å²) in [6.07, 6.45) is 1.60. The maximum Gasteiger partial charge on any atom is 0.245 e. The van der Waals surface area contributed by atoms with Gasteiger partial charge >= 0.3 is 0 Å². The summed E-state index contributed by atoms with van der Waals surface area (Å²) in [5.41, 5.74) is 0. The molecular weight excluding hydrogens is 358 g/mol. The first-order chi connectivity index (χ1) is 8.38. The van der Waals surface area contributed by atoms with Crippen molar-refractivity contribution in [3.05, 3.63) is 14.7 Å². The molecule has 0 fully saturated rings. The standard InChI is InChI=1S/C11H17BrClNO2S2/c1-4-8(5-2)14(3)18(15,16)10-6-9(7-13)17-11(10)12/h6,8H,4-5,7H2,1-3H3. The molecule has 1 aromatic heterocycles. The minimum Gasteiger partial charge on any atom is -0.207 e. The molecule has 7 heteroatoms. The SMILES string of the molecule is CCC(CC)N(C)S(=O)(=O)c1cc(CCl)sc1Br. The molecule has 0 saturated heterocycles. The van der Waals surface area contributed by atoms with Gasteiger partial charge in [-0.15, -0.1) is 22.9 Å². The average molecular weight is 375 g/mol. The van der Waals surface area contributed by atoms with Crippen LogP contribution in [-0.4, -0.2) is 25.8 Å². The Hall–Kier alpha value is 0.380. The molecule has 0 N–H and O–H groups in total. The zero-order chi connectivity index (χ0) is 13.9. The van der Waals surface area contributed by atoms with E-state index in [1.54, 1.807) is 13.1 Å². The van der Waals surface area contributed by atoms with E-state index in [-0.39, 0.29) is 6.04 Å². The van der Waals surface area contributed by atoms with Gasteiger partial charge in [-0.05, 0) is 34.8 Å². The molecule has 0 aliphatic rings. The van der Waals surface area contributed by atoms with E-state index in [1.807, 2.05) is 13.8 Å². The lowest BCUT2D eigenvalue weighted by molar-refractivity contribution is 0.349. The maximum absolute atomic E-state index is 12.5. The van der Waals surface area contributed by atoms with Crippen LogP contribution in [0.15, 0.2) is 14.7 Å². The smallest absolute Gasteiger partial charge is 0.207 e. The van der Waals surface area contributed by atoms with Gasteiger partial charge in [0.05, 0.1) is 9.67 Å². The van der Waals surface area contributed by atoms with Gasteiger partial charge in [0.1, 0.15) is 4.90 Å². The largest absolute Gasteiger partial charge is 0.245 e. The van der Waals surface area contributed by atoms with Crippen LogP contribution in [0.5, 0.6) is 0 Å². The van der Waals surface area contributed by atoms with Gasteiger partial charge in [0.25, 0.3) is 0 Å². The summed E-state index contributed by atoms with van der Waals surface area (Å²) < 4.78 is 27.1. The molecule has 0 spiro atoms. The predicted octanol–water partition coefficient (Wildman–Crippen LogP) is 4.06. The van der Waals surface area contributed by atoms with Gasteiger partial charge in [0.15, 0.2) is 0 Å². The second-order valence-electron chi connectivity index (χ2n) is 3.98. The molecule has 0 radical (unpaired) electrons. The summed E-state index contributed by atoms with van der Waals surface area (Å²) in [6.45, 7) is 3.99. The molecule has 0 bridgehead atoms. The van der Waals surface area contributed by atoms with Crippen LogP contribution in [0.2, 0.25) is 0 Å². The molecule has 0 atom stereocenters. The Balaban J connectivity index is 3.16. The van der Waals surface area contributed by atoms with Crippen LogP contribution in [0.25, 0.3) is 0 Å². The van der Waals surface area contributed by atoms with Crippen LogP contribution < -0.4 is 0 Å². The number of thiophene rings is 1. The highest BCUT2D eigenvalue weighted by molar-refractivity contribution is 9.11. The Morgan fingerprint density at radius 1 is 1.44 bits per heavy atom. The minimum absolute atomic E-state index is 0.0289. The van der Waals surface area contributed by atoms with Crippen molar-refractivity contribution < 1.29 is 8.42 Å². The van der Waals surface area contributed by atoms with Gasteiger partial charge in [-0.25, -0.2) is 8.42 Å². The van der Waals surface area contributed by atoms with Crippen molar-refractivity contribution in [2.24, 2.45) is 0 Å².